The summed E-state index contributed by atoms with van der Waals surface area (Å²) in [6.45, 7) is 0.397. The first-order valence-electron chi connectivity index (χ1n) is 10.1. The summed E-state index contributed by atoms with van der Waals surface area (Å²) >= 11 is 0. The second-order valence-electron chi connectivity index (χ2n) is 7.44. The zero-order valence-corrected chi connectivity index (χ0v) is 18.3. The van der Waals surface area contributed by atoms with Gasteiger partial charge in [-0.1, -0.05) is 30.3 Å². The van der Waals surface area contributed by atoms with E-state index in [1.807, 2.05) is 30.3 Å². The average Bonchev–Trinajstić information content (AvgIpc) is 2.79. The molecule has 1 unspecified atom stereocenters. The van der Waals surface area contributed by atoms with E-state index in [0.29, 0.717) is 23.7 Å². The quantitative estimate of drug-likeness (QED) is 0.477. The van der Waals surface area contributed by atoms with E-state index in [0.717, 1.165) is 11.3 Å². The summed E-state index contributed by atoms with van der Waals surface area (Å²) in [5.74, 6) is -0.132. The van der Waals surface area contributed by atoms with E-state index in [-0.39, 0.29) is 17.5 Å². The summed E-state index contributed by atoms with van der Waals surface area (Å²) in [5, 5.41) is 6.54. The van der Waals surface area contributed by atoms with Crippen LogP contribution in [0, 0.1) is 0 Å². The second kappa shape index (κ2) is 10.4. The number of pyridine rings is 1. The molecular formula is C24H27N5O3. The molecule has 0 radical (unpaired) electrons. The van der Waals surface area contributed by atoms with Crippen LogP contribution in [0.5, 0.6) is 0 Å². The molecule has 0 bridgehead atoms. The van der Waals surface area contributed by atoms with Gasteiger partial charge in [-0.2, -0.15) is 0 Å². The Balaban J connectivity index is 1.85. The van der Waals surface area contributed by atoms with Crippen molar-refractivity contribution in [1.29, 1.82) is 0 Å². The van der Waals surface area contributed by atoms with Crippen molar-refractivity contribution in [3.63, 3.8) is 0 Å². The van der Waals surface area contributed by atoms with Crippen molar-refractivity contribution in [2.75, 3.05) is 38.4 Å². The van der Waals surface area contributed by atoms with Crippen molar-refractivity contribution >= 4 is 29.0 Å². The molecule has 0 spiro atoms. The van der Waals surface area contributed by atoms with Gasteiger partial charge in [-0.15, -0.1) is 0 Å². The predicted molar refractivity (Wildman–Crippen MR) is 125 cm³/mol. The fraction of sp³-hybridized carbons (Fsp3) is 0.208. The molecule has 166 valence electrons. The Labute approximate surface area is 187 Å². The Morgan fingerprint density at radius 1 is 1.09 bits per heavy atom. The maximum absolute atomic E-state index is 12.1. The Morgan fingerprint density at radius 2 is 1.78 bits per heavy atom. The number of hydrogen-bond acceptors (Lipinski definition) is 6. The molecule has 1 heterocycles. The van der Waals surface area contributed by atoms with Crippen molar-refractivity contribution in [2.45, 2.75) is 6.04 Å². The fourth-order valence-electron chi connectivity index (χ4n) is 3.20. The van der Waals surface area contributed by atoms with Crippen molar-refractivity contribution in [2.24, 2.45) is 5.73 Å². The minimum atomic E-state index is -0.581. The van der Waals surface area contributed by atoms with E-state index in [1.165, 1.54) is 11.1 Å². The number of primary amides is 1. The van der Waals surface area contributed by atoms with E-state index in [4.69, 9.17) is 10.5 Å². The van der Waals surface area contributed by atoms with Crippen molar-refractivity contribution < 1.29 is 14.3 Å². The van der Waals surface area contributed by atoms with Gasteiger partial charge in [-0.05, 0) is 29.8 Å². The lowest BCUT2D eigenvalue weighted by atomic mass is 10.1. The molecule has 0 aliphatic heterocycles. The highest BCUT2D eigenvalue weighted by Crippen LogP contribution is 2.26. The molecule has 8 nitrogen and oxygen atoms in total. The lowest BCUT2D eigenvalue weighted by molar-refractivity contribution is 0.0827. The van der Waals surface area contributed by atoms with Gasteiger partial charge in [-0.3, -0.25) is 9.59 Å². The zero-order chi connectivity index (χ0) is 23.1. The molecule has 0 saturated carbocycles. The van der Waals surface area contributed by atoms with Crippen molar-refractivity contribution in [3.05, 3.63) is 83.6 Å². The minimum Gasteiger partial charge on any atom is -0.382 e. The number of ether oxygens (including phenoxy) is 1. The van der Waals surface area contributed by atoms with Gasteiger partial charge in [0, 0.05) is 44.7 Å². The number of hydrogen-bond donors (Lipinski definition) is 3. The number of nitrogens with one attached hydrogen (secondary N) is 2. The molecule has 1 atom stereocenters. The van der Waals surface area contributed by atoms with Gasteiger partial charge in [0.15, 0.2) is 0 Å². The van der Waals surface area contributed by atoms with Gasteiger partial charge in [0.1, 0.15) is 5.82 Å². The average molecular weight is 434 g/mol. The molecule has 2 amide bonds. The van der Waals surface area contributed by atoms with Gasteiger partial charge in [-0.25, -0.2) is 4.98 Å². The number of nitrogens with two attached hydrogens (primary N) is 1. The first-order chi connectivity index (χ1) is 15.4. The zero-order valence-electron chi connectivity index (χ0n) is 18.3. The number of carbonyl (C=O) groups is 2. The number of carbonyl (C=O) groups excluding carboxylic acids is 2. The third-order valence-corrected chi connectivity index (χ3v) is 4.84. The van der Waals surface area contributed by atoms with Gasteiger partial charge in [0.25, 0.3) is 11.8 Å². The number of aromatic nitrogens is 1. The highest BCUT2D eigenvalue weighted by atomic mass is 16.5. The molecule has 3 aromatic rings. The summed E-state index contributed by atoms with van der Waals surface area (Å²) in [6, 6.07) is 18.4. The SMILES string of the molecule is COCC(Nc1cc(Nc2ccc(C(=O)N(C)C)cc2)ncc1C(N)=O)c1ccccc1. The van der Waals surface area contributed by atoms with Gasteiger partial charge >= 0.3 is 0 Å². The number of amides is 2. The molecule has 8 heteroatoms. The van der Waals surface area contributed by atoms with Gasteiger partial charge in [0.05, 0.1) is 23.9 Å². The molecule has 0 fully saturated rings. The van der Waals surface area contributed by atoms with E-state index in [1.54, 1.807) is 51.5 Å². The molecule has 1 aromatic heterocycles. The van der Waals surface area contributed by atoms with Gasteiger partial charge in [0.2, 0.25) is 0 Å². The van der Waals surface area contributed by atoms with Crippen molar-refractivity contribution in [1.82, 2.24) is 9.88 Å². The van der Waals surface area contributed by atoms with Crippen LogP contribution in [0.4, 0.5) is 17.2 Å². The summed E-state index contributed by atoms with van der Waals surface area (Å²) in [5.41, 5.74) is 8.74. The maximum Gasteiger partial charge on any atom is 0.253 e. The van der Waals surface area contributed by atoms with Crippen LogP contribution < -0.4 is 16.4 Å². The lowest BCUT2D eigenvalue weighted by Crippen LogP contribution is -2.21. The van der Waals surface area contributed by atoms with Crippen LogP contribution in [0.3, 0.4) is 0 Å². The largest absolute Gasteiger partial charge is 0.382 e. The van der Waals surface area contributed by atoms with E-state index in [9.17, 15) is 9.59 Å². The molecule has 2 aromatic carbocycles. The normalized spacial score (nSPS) is 11.5. The third kappa shape index (κ3) is 5.61. The first-order valence-corrected chi connectivity index (χ1v) is 10.1. The van der Waals surface area contributed by atoms with Crippen LogP contribution in [0.25, 0.3) is 0 Å². The number of benzene rings is 2. The van der Waals surface area contributed by atoms with Crippen LogP contribution in [0.2, 0.25) is 0 Å². The summed E-state index contributed by atoms with van der Waals surface area (Å²) in [6.07, 6.45) is 1.44. The smallest absolute Gasteiger partial charge is 0.253 e. The Hall–Kier alpha value is -3.91. The number of nitrogens with zero attached hydrogens (tertiary/aromatic N) is 2. The number of methoxy groups -OCH3 is 1. The first kappa shape index (κ1) is 22.8. The Morgan fingerprint density at radius 3 is 2.38 bits per heavy atom. The molecule has 32 heavy (non-hydrogen) atoms. The van der Waals surface area contributed by atoms with Crippen LogP contribution in [-0.2, 0) is 4.74 Å². The van der Waals surface area contributed by atoms with Gasteiger partial charge < -0.3 is 26.0 Å². The molecule has 0 aliphatic rings. The molecule has 0 aliphatic carbocycles. The standard InChI is InChI=1S/C24H27N5O3/c1-29(2)24(31)17-9-11-18(12-10-17)27-22-13-20(19(14-26-22)23(25)30)28-21(15-32-3)16-7-5-4-6-8-16/h4-14,21H,15H2,1-3H3,(H2,25,30)(H2,26,27,28). The summed E-state index contributed by atoms with van der Waals surface area (Å²) in [4.78, 5) is 29.9. The highest BCUT2D eigenvalue weighted by molar-refractivity contribution is 5.98. The van der Waals surface area contributed by atoms with Crippen LogP contribution >= 0.6 is 0 Å². The van der Waals surface area contributed by atoms with Crippen molar-refractivity contribution in [3.8, 4) is 0 Å². The van der Waals surface area contributed by atoms with Crippen LogP contribution in [-0.4, -0.2) is 49.5 Å². The fourth-order valence-corrected chi connectivity index (χ4v) is 3.20. The summed E-state index contributed by atoms with van der Waals surface area (Å²) in [7, 11) is 5.04. The molecule has 3 rings (SSSR count). The Bertz CT molecular complexity index is 1070. The Kier molecular flexibility index (Phi) is 7.41. The maximum atomic E-state index is 12.1. The third-order valence-electron chi connectivity index (χ3n) is 4.84. The second-order valence-corrected chi connectivity index (χ2v) is 7.44. The summed E-state index contributed by atoms with van der Waals surface area (Å²) < 4.78 is 5.36. The van der Waals surface area contributed by atoms with E-state index in [2.05, 4.69) is 15.6 Å². The monoisotopic (exact) mass is 433 g/mol. The highest BCUT2D eigenvalue weighted by Gasteiger charge is 2.17. The number of anilines is 3. The van der Waals surface area contributed by atoms with Crippen LogP contribution in [0.15, 0.2) is 66.9 Å². The lowest BCUT2D eigenvalue weighted by Gasteiger charge is -2.21. The topological polar surface area (TPSA) is 110 Å². The number of rotatable bonds is 9. The van der Waals surface area contributed by atoms with E-state index >= 15 is 0 Å². The molecule has 0 saturated heterocycles. The molecular weight excluding hydrogens is 406 g/mol. The van der Waals surface area contributed by atoms with E-state index < -0.39 is 5.91 Å². The molecule has 4 N–H and O–H groups in total. The minimum absolute atomic E-state index is 0.0722. The predicted octanol–water partition coefficient (Wildman–Crippen LogP) is 3.43. The van der Waals surface area contributed by atoms with Crippen LogP contribution in [0.1, 0.15) is 32.3 Å².